The molecule has 0 aliphatic rings. The molecule has 0 atom stereocenters. The number of aliphatic hydroxyl groups is 1. The van der Waals surface area contributed by atoms with Crippen LogP contribution in [-0.4, -0.2) is 18.3 Å². The van der Waals surface area contributed by atoms with Gasteiger partial charge in [0.2, 0.25) is 0 Å². The fourth-order valence-corrected chi connectivity index (χ4v) is 1.67. The first-order chi connectivity index (χ1) is 8.15. The van der Waals surface area contributed by atoms with Gasteiger partial charge in [0.1, 0.15) is 0 Å². The van der Waals surface area contributed by atoms with Crippen molar-refractivity contribution < 1.29 is 5.11 Å². The van der Waals surface area contributed by atoms with Gasteiger partial charge in [-0.05, 0) is 29.5 Å². The van der Waals surface area contributed by atoms with Gasteiger partial charge in [-0.1, -0.05) is 46.8 Å². The average molecular weight is 249 g/mol. The molecule has 18 heavy (non-hydrogen) atoms. The van der Waals surface area contributed by atoms with Gasteiger partial charge in [-0.2, -0.15) is 0 Å². The minimum atomic E-state index is -0.0931. The lowest BCUT2D eigenvalue weighted by Crippen LogP contribution is -2.27. The maximum Gasteiger partial charge on any atom is 0.0498 e. The predicted molar refractivity (Wildman–Crippen MR) is 79.2 cm³/mol. The molecule has 0 bridgehead atoms. The second-order valence-corrected chi connectivity index (χ2v) is 6.96. The fraction of sp³-hybridized carbons (Fsp3) is 0.625. The summed E-state index contributed by atoms with van der Waals surface area (Å²) in [6.45, 7) is 13.9. The van der Waals surface area contributed by atoms with Gasteiger partial charge in [0.05, 0.1) is 0 Å². The largest absolute Gasteiger partial charge is 0.396 e. The van der Waals surface area contributed by atoms with Crippen LogP contribution in [0.15, 0.2) is 18.2 Å². The van der Waals surface area contributed by atoms with Gasteiger partial charge < -0.3 is 10.4 Å². The smallest absolute Gasteiger partial charge is 0.0498 e. The molecular formula is C16H27NO. The van der Waals surface area contributed by atoms with Crippen LogP contribution in [0, 0.1) is 12.3 Å². The van der Waals surface area contributed by atoms with Crippen LogP contribution in [0.25, 0.3) is 0 Å². The van der Waals surface area contributed by atoms with E-state index in [1.807, 2.05) is 0 Å². The molecule has 0 fully saturated rings. The zero-order chi connectivity index (χ0) is 14.0. The molecule has 0 amide bonds. The topological polar surface area (TPSA) is 32.3 Å². The summed E-state index contributed by atoms with van der Waals surface area (Å²) in [6, 6.07) is 6.58. The van der Waals surface area contributed by atoms with Crippen LogP contribution in [0.4, 0.5) is 5.69 Å². The number of anilines is 1. The normalized spacial score (nSPS) is 12.6. The van der Waals surface area contributed by atoms with Gasteiger partial charge in [-0.3, -0.25) is 0 Å². The quantitative estimate of drug-likeness (QED) is 0.852. The number of aryl methyl sites for hydroxylation is 1. The van der Waals surface area contributed by atoms with E-state index in [1.165, 1.54) is 16.8 Å². The summed E-state index contributed by atoms with van der Waals surface area (Å²) in [7, 11) is 0. The number of rotatable bonds is 4. The summed E-state index contributed by atoms with van der Waals surface area (Å²) >= 11 is 0. The molecule has 102 valence electrons. The standard InChI is InChI=1S/C16H27NO/c1-12-7-8-13(15(2,3)4)9-14(12)17-10-16(5,6)11-18/h7-9,17-18H,10-11H2,1-6H3. The number of hydrogen-bond donors (Lipinski definition) is 2. The second-order valence-electron chi connectivity index (χ2n) is 6.96. The lowest BCUT2D eigenvalue weighted by Gasteiger charge is -2.25. The van der Waals surface area contributed by atoms with Gasteiger partial charge in [0, 0.05) is 24.3 Å². The van der Waals surface area contributed by atoms with Crippen molar-refractivity contribution in [1.29, 1.82) is 0 Å². The molecular weight excluding hydrogens is 222 g/mol. The van der Waals surface area contributed by atoms with Crippen molar-refractivity contribution >= 4 is 5.69 Å². The first-order valence-corrected chi connectivity index (χ1v) is 6.61. The van der Waals surface area contributed by atoms with Crippen molar-refractivity contribution in [3.8, 4) is 0 Å². The summed E-state index contributed by atoms with van der Waals surface area (Å²) in [5.74, 6) is 0. The van der Waals surface area contributed by atoms with E-state index in [9.17, 15) is 5.11 Å². The average Bonchev–Trinajstić information content (AvgIpc) is 2.26. The second kappa shape index (κ2) is 5.31. The summed E-state index contributed by atoms with van der Waals surface area (Å²) in [5.41, 5.74) is 3.82. The maximum atomic E-state index is 9.29. The Morgan fingerprint density at radius 3 is 2.22 bits per heavy atom. The van der Waals surface area contributed by atoms with Crippen LogP contribution >= 0.6 is 0 Å². The molecule has 0 saturated carbocycles. The highest BCUT2D eigenvalue weighted by Crippen LogP contribution is 2.27. The molecule has 2 nitrogen and oxygen atoms in total. The van der Waals surface area contributed by atoms with Crippen LogP contribution in [0.1, 0.15) is 45.7 Å². The molecule has 2 N–H and O–H groups in total. The first-order valence-electron chi connectivity index (χ1n) is 6.61. The minimum Gasteiger partial charge on any atom is -0.396 e. The summed E-state index contributed by atoms with van der Waals surface area (Å²) in [5, 5.41) is 12.7. The highest BCUT2D eigenvalue weighted by atomic mass is 16.3. The molecule has 0 saturated heterocycles. The molecule has 0 aliphatic carbocycles. The number of nitrogens with one attached hydrogen (secondary N) is 1. The first kappa shape index (κ1) is 15.0. The zero-order valence-corrected chi connectivity index (χ0v) is 12.6. The van der Waals surface area contributed by atoms with Gasteiger partial charge in [-0.25, -0.2) is 0 Å². The Balaban J connectivity index is 2.89. The van der Waals surface area contributed by atoms with Crippen molar-refractivity contribution in [2.75, 3.05) is 18.5 Å². The monoisotopic (exact) mass is 249 g/mol. The number of hydrogen-bond acceptors (Lipinski definition) is 2. The Labute approximate surface area is 111 Å². The van der Waals surface area contributed by atoms with E-state index >= 15 is 0 Å². The number of aliphatic hydroxyl groups excluding tert-OH is 1. The van der Waals surface area contributed by atoms with Crippen LogP contribution in [0.5, 0.6) is 0 Å². The molecule has 0 radical (unpaired) electrons. The Hall–Kier alpha value is -1.02. The van der Waals surface area contributed by atoms with Crippen molar-refractivity contribution in [3.63, 3.8) is 0 Å². The van der Waals surface area contributed by atoms with Crippen LogP contribution < -0.4 is 5.32 Å². The van der Waals surface area contributed by atoms with E-state index in [2.05, 4.69) is 65.1 Å². The Bertz CT molecular complexity index is 402. The maximum absolute atomic E-state index is 9.29. The van der Waals surface area contributed by atoms with Crippen molar-refractivity contribution in [2.24, 2.45) is 5.41 Å². The Kier molecular flexibility index (Phi) is 4.44. The Morgan fingerprint density at radius 1 is 1.11 bits per heavy atom. The molecule has 0 heterocycles. The third-order valence-corrected chi connectivity index (χ3v) is 3.29. The van der Waals surface area contributed by atoms with E-state index in [4.69, 9.17) is 0 Å². The molecule has 2 heteroatoms. The van der Waals surface area contributed by atoms with Gasteiger partial charge >= 0.3 is 0 Å². The van der Waals surface area contributed by atoms with Crippen LogP contribution in [-0.2, 0) is 5.41 Å². The third kappa shape index (κ3) is 4.02. The van der Waals surface area contributed by atoms with Gasteiger partial charge in [0.15, 0.2) is 0 Å². The molecule has 0 spiro atoms. The van der Waals surface area contributed by atoms with Crippen LogP contribution in [0.2, 0.25) is 0 Å². The lowest BCUT2D eigenvalue weighted by molar-refractivity contribution is 0.171. The van der Waals surface area contributed by atoms with E-state index in [0.717, 1.165) is 6.54 Å². The minimum absolute atomic E-state index is 0.0931. The van der Waals surface area contributed by atoms with E-state index in [0.29, 0.717) is 0 Å². The summed E-state index contributed by atoms with van der Waals surface area (Å²) < 4.78 is 0. The van der Waals surface area contributed by atoms with Gasteiger partial charge in [0.25, 0.3) is 0 Å². The van der Waals surface area contributed by atoms with Crippen molar-refractivity contribution in [1.82, 2.24) is 0 Å². The molecule has 0 unspecified atom stereocenters. The zero-order valence-electron chi connectivity index (χ0n) is 12.6. The van der Waals surface area contributed by atoms with E-state index in [1.54, 1.807) is 0 Å². The van der Waals surface area contributed by atoms with Crippen molar-refractivity contribution in [3.05, 3.63) is 29.3 Å². The van der Waals surface area contributed by atoms with E-state index in [-0.39, 0.29) is 17.4 Å². The molecule has 0 aliphatic heterocycles. The highest BCUT2D eigenvalue weighted by molar-refractivity contribution is 5.54. The van der Waals surface area contributed by atoms with Gasteiger partial charge in [-0.15, -0.1) is 0 Å². The van der Waals surface area contributed by atoms with Crippen LogP contribution in [0.3, 0.4) is 0 Å². The molecule has 1 aromatic carbocycles. The predicted octanol–water partition coefficient (Wildman–Crippen LogP) is 3.72. The summed E-state index contributed by atoms with van der Waals surface area (Å²) in [6.07, 6.45) is 0. The molecule has 1 aromatic rings. The molecule has 0 aromatic heterocycles. The third-order valence-electron chi connectivity index (χ3n) is 3.29. The Morgan fingerprint density at radius 2 is 1.72 bits per heavy atom. The van der Waals surface area contributed by atoms with E-state index < -0.39 is 0 Å². The number of benzene rings is 1. The summed E-state index contributed by atoms with van der Waals surface area (Å²) in [4.78, 5) is 0. The highest BCUT2D eigenvalue weighted by Gasteiger charge is 2.18. The fourth-order valence-electron chi connectivity index (χ4n) is 1.67. The molecule has 1 rings (SSSR count). The van der Waals surface area contributed by atoms with Crippen molar-refractivity contribution in [2.45, 2.75) is 47.0 Å². The lowest BCUT2D eigenvalue weighted by atomic mass is 9.86. The SMILES string of the molecule is Cc1ccc(C(C)(C)C)cc1NCC(C)(C)CO.